The van der Waals surface area contributed by atoms with Gasteiger partial charge in [0.05, 0.1) is 12.4 Å². The third kappa shape index (κ3) is 1.89. The highest BCUT2D eigenvalue weighted by molar-refractivity contribution is 7.78. The van der Waals surface area contributed by atoms with E-state index in [1.54, 1.807) is 11.8 Å². The maximum absolute atomic E-state index is 9.91. The monoisotopic (exact) mass is 201 g/mol. The molecular weight excluding hydrogens is 180 g/mol. The van der Waals surface area contributed by atoms with E-state index < -0.39 is 0 Å². The van der Waals surface area contributed by atoms with Crippen LogP contribution >= 0.6 is 0 Å². The molecule has 4 atom stereocenters. The van der Waals surface area contributed by atoms with E-state index in [2.05, 4.69) is 6.26 Å². The SMILES string of the molecule is C[SH+]C1CCC(O)C2CCCCC12. The van der Waals surface area contributed by atoms with Gasteiger partial charge in [-0.3, -0.25) is 0 Å². The molecule has 0 bridgehead atoms. The molecule has 2 aliphatic carbocycles. The van der Waals surface area contributed by atoms with Crippen LogP contribution in [-0.2, 0) is 11.8 Å². The second-order valence-corrected chi connectivity index (χ2v) is 5.76. The fourth-order valence-electron chi connectivity index (χ4n) is 3.23. The van der Waals surface area contributed by atoms with Crippen molar-refractivity contribution in [1.29, 1.82) is 0 Å². The van der Waals surface area contributed by atoms with Crippen molar-refractivity contribution in [2.45, 2.75) is 49.9 Å². The Hall–Kier alpha value is 0.310. The summed E-state index contributed by atoms with van der Waals surface area (Å²) >= 11 is 1.56. The number of hydrogen-bond donors (Lipinski definition) is 1. The van der Waals surface area contributed by atoms with Gasteiger partial charge in [0.1, 0.15) is 5.25 Å². The Morgan fingerprint density at radius 3 is 2.38 bits per heavy atom. The van der Waals surface area contributed by atoms with E-state index in [4.69, 9.17) is 0 Å². The van der Waals surface area contributed by atoms with E-state index in [0.717, 1.165) is 17.6 Å². The normalized spacial score (nSPS) is 45.7. The van der Waals surface area contributed by atoms with Crippen LogP contribution in [0.2, 0.25) is 0 Å². The van der Waals surface area contributed by atoms with Gasteiger partial charge in [0.25, 0.3) is 0 Å². The highest BCUT2D eigenvalue weighted by Gasteiger charge is 2.42. The van der Waals surface area contributed by atoms with Gasteiger partial charge in [-0.2, -0.15) is 0 Å². The first kappa shape index (κ1) is 9.85. The molecule has 0 aromatic carbocycles. The van der Waals surface area contributed by atoms with E-state index in [1.165, 1.54) is 32.1 Å². The average molecular weight is 201 g/mol. The Morgan fingerprint density at radius 1 is 1.00 bits per heavy atom. The third-order valence-electron chi connectivity index (χ3n) is 3.95. The summed E-state index contributed by atoms with van der Waals surface area (Å²) in [5.41, 5.74) is 0. The summed E-state index contributed by atoms with van der Waals surface area (Å²) < 4.78 is 0. The minimum Gasteiger partial charge on any atom is -0.393 e. The topological polar surface area (TPSA) is 20.2 Å². The minimum absolute atomic E-state index is 0.0308. The fourth-order valence-corrected chi connectivity index (χ4v) is 4.39. The van der Waals surface area contributed by atoms with E-state index in [0.29, 0.717) is 5.92 Å². The van der Waals surface area contributed by atoms with Crippen LogP contribution in [0, 0.1) is 11.8 Å². The van der Waals surface area contributed by atoms with Crippen LogP contribution in [0.25, 0.3) is 0 Å². The van der Waals surface area contributed by atoms with Crippen molar-refractivity contribution in [2.75, 3.05) is 6.26 Å². The van der Waals surface area contributed by atoms with Crippen LogP contribution < -0.4 is 0 Å². The molecule has 2 rings (SSSR count). The fraction of sp³-hybridized carbons (Fsp3) is 1.00. The van der Waals surface area contributed by atoms with Crippen molar-refractivity contribution in [3.05, 3.63) is 0 Å². The first-order valence-electron chi connectivity index (χ1n) is 5.60. The first-order valence-corrected chi connectivity index (χ1v) is 7.01. The lowest BCUT2D eigenvalue weighted by molar-refractivity contribution is 0.0138. The molecule has 0 amide bonds. The average Bonchev–Trinajstić information content (AvgIpc) is 2.19. The summed E-state index contributed by atoms with van der Waals surface area (Å²) in [7, 11) is 0. The van der Waals surface area contributed by atoms with Gasteiger partial charge in [0, 0.05) is 5.92 Å². The van der Waals surface area contributed by atoms with Crippen LogP contribution in [0.5, 0.6) is 0 Å². The molecule has 76 valence electrons. The molecule has 0 aromatic heterocycles. The zero-order valence-electron chi connectivity index (χ0n) is 8.45. The quantitative estimate of drug-likeness (QED) is 0.506. The minimum atomic E-state index is 0.0308. The molecule has 0 aromatic rings. The molecule has 13 heavy (non-hydrogen) atoms. The van der Waals surface area contributed by atoms with Gasteiger partial charge in [-0.15, -0.1) is 0 Å². The van der Waals surface area contributed by atoms with E-state index in [-0.39, 0.29) is 6.10 Å². The van der Waals surface area contributed by atoms with Gasteiger partial charge >= 0.3 is 0 Å². The maximum atomic E-state index is 9.91. The molecular formula is C11H21OS+. The van der Waals surface area contributed by atoms with Gasteiger partial charge in [-0.1, -0.05) is 12.8 Å². The van der Waals surface area contributed by atoms with E-state index in [9.17, 15) is 5.11 Å². The summed E-state index contributed by atoms with van der Waals surface area (Å²) in [5, 5.41) is 10.8. The largest absolute Gasteiger partial charge is 0.393 e. The molecule has 2 heteroatoms. The first-order chi connectivity index (χ1) is 6.33. The molecule has 2 aliphatic rings. The van der Waals surface area contributed by atoms with Crippen molar-refractivity contribution in [3.8, 4) is 0 Å². The highest BCUT2D eigenvalue weighted by atomic mass is 32.2. The van der Waals surface area contributed by atoms with Crippen LogP contribution in [0.15, 0.2) is 0 Å². The predicted molar refractivity (Wildman–Crippen MR) is 59.2 cm³/mol. The van der Waals surface area contributed by atoms with Crippen molar-refractivity contribution < 1.29 is 5.11 Å². The molecule has 1 nitrogen and oxygen atoms in total. The third-order valence-corrected chi connectivity index (χ3v) is 5.26. The lowest BCUT2D eigenvalue weighted by atomic mass is 9.69. The number of rotatable bonds is 1. The van der Waals surface area contributed by atoms with Gasteiger partial charge in [-0.05, 0) is 43.4 Å². The Kier molecular flexibility index (Phi) is 3.20. The van der Waals surface area contributed by atoms with E-state index >= 15 is 0 Å². The molecule has 0 aliphatic heterocycles. The molecule has 0 saturated heterocycles. The number of aliphatic hydroxyl groups is 1. The molecule has 2 saturated carbocycles. The maximum Gasteiger partial charge on any atom is 0.118 e. The van der Waals surface area contributed by atoms with E-state index in [1.807, 2.05) is 0 Å². The van der Waals surface area contributed by atoms with Gasteiger partial charge < -0.3 is 5.11 Å². The van der Waals surface area contributed by atoms with Crippen molar-refractivity contribution >= 4 is 11.8 Å². The van der Waals surface area contributed by atoms with Crippen LogP contribution in [0.3, 0.4) is 0 Å². The molecule has 0 radical (unpaired) electrons. The summed E-state index contributed by atoms with van der Waals surface area (Å²) in [4.78, 5) is 0. The smallest absolute Gasteiger partial charge is 0.118 e. The second-order valence-electron chi connectivity index (χ2n) is 4.58. The lowest BCUT2D eigenvalue weighted by Gasteiger charge is -2.40. The highest BCUT2D eigenvalue weighted by Crippen LogP contribution is 2.41. The standard InChI is InChI=1S/C11H20OS/c1-13-11-7-6-10(12)8-4-2-3-5-9(8)11/h8-12H,2-7H2,1H3/p+1. The number of fused-ring (bicyclic) bond motifs is 1. The number of aliphatic hydroxyl groups excluding tert-OH is 1. The van der Waals surface area contributed by atoms with Crippen LogP contribution in [-0.4, -0.2) is 22.7 Å². The Balaban J connectivity index is 2.05. The molecule has 2 fully saturated rings. The van der Waals surface area contributed by atoms with Crippen molar-refractivity contribution in [1.82, 2.24) is 0 Å². The van der Waals surface area contributed by atoms with Crippen molar-refractivity contribution in [2.24, 2.45) is 11.8 Å². The van der Waals surface area contributed by atoms with Crippen molar-refractivity contribution in [3.63, 3.8) is 0 Å². The Bertz CT molecular complexity index is 171. The molecule has 0 heterocycles. The Morgan fingerprint density at radius 2 is 1.69 bits per heavy atom. The number of hydrogen-bond acceptors (Lipinski definition) is 1. The summed E-state index contributed by atoms with van der Waals surface area (Å²) in [5.74, 6) is 1.50. The van der Waals surface area contributed by atoms with Gasteiger partial charge in [-0.25, -0.2) is 0 Å². The second kappa shape index (κ2) is 4.22. The summed E-state index contributed by atoms with van der Waals surface area (Å²) in [6, 6.07) is 0. The van der Waals surface area contributed by atoms with Crippen LogP contribution in [0.4, 0.5) is 0 Å². The zero-order valence-corrected chi connectivity index (χ0v) is 9.34. The summed E-state index contributed by atoms with van der Waals surface area (Å²) in [6.07, 6.45) is 10.1. The Labute approximate surface area is 85.3 Å². The lowest BCUT2D eigenvalue weighted by Crippen LogP contribution is -2.43. The number of thiol groups is 1. The zero-order chi connectivity index (χ0) is 9.26. The van der Waals surface area contributed by atoms with Gasteiger partial charge in [0.15, 0.2) is 0 Å². The summed E-state index contributed by atoms with van der Waals surface area (Å²) in [6.45, 7) is 0. The van der Waals surface area contributed by atoms with Crippen LogP contribution in [0.1, 0.15) is 38.5 Å². The molecule has 4 unspecified atom stereocenters. The molecule has 0 spiro atoms. The molecule has 1 N–H and O–H groups in total. The predicted octanol–water partition coefficient (Wildman–Crippen LogP) is 1.76. The van der Waals surface area contributed by atoms with Gasteiger partial charge in [0.2, 0.25) is 0 Å².